The van der Waals surface area contributed by atoms with Crippen molar-refractivity contribution in [2.75, 3.05) is 26.0 Å². The maximum absolute atomic E-state index is 12.7. The Kier molecular flexibility index (Phi) is 4.14. The zero-order valence-corrected chi connectivity index (χ0v) is 14.7. The minimum Gasteiger partial charge on any atom is -0.378 e. The standard InChI is InChI=1S/C16H24N2O4S/c1-16(2,22-3)11-23(20,21)17-8-12-7-13(10-17)14-5-4-6-15(19)18(14)9-12/h4-6,12-13H,7-11H2,1-3H3/t12-,13+/m0/s1. The lowest BCUT2D eigenvalue weighted by atomic mass is 9.84. The summed E-state index contributed by atoms with van der Waals surface area (Å²) in [7, 11) is -1.86. The summed E-state index contributed by atoms with van der Waals surface area (Å²) in [5, 5.41) is 0. The van der Waals surface area contributed by atoms with Crippen LogP contribution in [-0.2, 0) is 21.3 Å². The van der Waals surface area contributed by atoms with Crippen LogP contribution in [0.4, 0.5) is 0 Å². The first-order chi connectivity index (χ1) is 10.7. The van der Waals surface area contributed by atoms with E-state index in [1.807, 2.05) is 10.6 Å². The van der Waals surface area contributed by atoms with Crippen LogP contribution in [0.1, 0.15) is 31.9 Å². The molecule has 3 heterocycles. The molecule has 1 fully saturated rings. The Bertz CT molecular complexity index is 754. The van der Waals surface area contributed by atoms with Crippen molar-refractivity contribution in [3.8, 4) is 0 Å². The molecule has 2 aliphatic rings. The quantitative estimate of drug-likeness (QED) is 0.821. The van der Waals surface area contributed by atoms with Crippen LogP contribution >= 0.6 is 0 Å². The molecule has 0 radical (unpaired) electrons. The average Bonchev–Trinajstić information content (AvgIpc) is 2.47. The van der Waals surface area contributed by atoms with E-state index in [4.69, 9.17) is 4.74 Å². The zero-order valence-electron chi connectivity index (χ0n) is 13.9. The van der Waals surface area contributed by atoms with Crippen LogP contribution < -0.4 is 5.56 Å². The third kappa shape index (κ3) is 3.22. The van der Waals surface area contributed by atoms with Crippen molar-refractivity contribution < 1.29 is 13.2 Å². The number of piperidine rings is 1. The van der Waals surface area contributed by atoms with Crippen LogP contribution in [0, 0.1) is 5.92 Å². The van der Waals surface area contributed by atoms with E-state index in [0.717, 1.165) is 12.1 Å². The third-order valence-electron chi connectivity index (χ3n) is 4.92. The highest BCUT2D eigenvalue weighted by Crippen LogP contribution is 2.36. The fourth-order valence-electron chi connectivity index (χ4n) is 3.67. The highest BCUT2D eigenvalue weighted by atomic mass is 32.2. The SMILES string of the molecule is COC(C)(C)CS(=O)(=O)N1C[C@@H]2C[C@H](C1)c1cccc(=O)n1C2. The molecule has 2 aliphatic heterocycles. The van der Waals surface area contributed by atoms with Crippen LogP contribution in [0.15, 0.2) is 23.0 Å². The van der Waals surface area contributed by atoms with E-state index in [1.165, 1.54) is 7.11 Å². The Hall–Kier alpha value is -1.18. The molecule has 7 heteroatoms. The van der Waals surface area contributed by atoms with Gasteiger partial charge in [-0.15, -0.1) is 0 Å². The van der Waals surface area contributed by atoms with Gasteiger partial charge in [0.2, 0.25) is 10.0 Å². The highest BCUT2D eigenvalue weighted by molar-refractivity contribution is 7.89. The number of hydrogen-bond acceptors (Lipinski definition) is 4. The number of methoxy groups -OCH3 is 1. The van der Waals surface area contributed by atoms with Crippen molar-refractivity contribution in [3.63, 3.8) is 0 Å². The Labute approximate surface area is 137 Å². The molecule has 1 aromatic rings. The number of pyridine rings is 1. The molecule has 0 saturated carbocycles. The van der Waals surface area contributed by atoms with Gasteiger partial charge in [0.25, 0.3) is 5.56 Å². The van der Waals surface area contributed by atoms with Gasteiger partial charge < -0.3 is 9.30 Å². The van der Waals surface area contributed by atoms with Crippen LogP contribution in [0.25, 0.3) is 0 Å². The molecule has 0 spiro atoms. The van der Waals surface area contributed by atoms with Gasteiger partial charge in [-0.1, -0.05) is 6.07 Å². The van der Waals surface area contributed by atoms with Gasteiger partial charge in [0.15, 0.2) is 0 Å². The smallest absolute Gasteiger partial charge is 0.250 e. The zero-order chi connectivity index (χ0) is 16.8. The molecule has 3 rings (SSSR count). The summed E-state index contributed by atoms with van der Waals surface area (Å²) in [6.45, 7) is 5.10. The fraction of sp³-hybridized carbons (Fsp3) is 0.688. The molecule has 6 nitrogen and oxygen atoms in total. The molecule has 0 aliphatic carbocycles. The lowest BCUT2D eigenvalue weighted by Gasteiger charge is -2.42. The fourth-order valence-corrected chi connectivity index (χ4v) is 5.69. The van der Waals surface area contributed by atoms with E-state index in [1.54, 1.807) is 30.3 Å². The van der Waals surface area contributed by atoms with Crippen LogP contribution in [0.5, 0.6) is 0 Å². The summed E-state index contributed by atoms with van der Waals surface area (Å²) < 4.78 is 34.2. The van der Waals surface area contributed by atoms with Gasteiger partial charge in [-0.2, -0.15) is 0 Å². The second-order valence-corrected chi connectivity index (χ2v) is 9.20. The average molecular weight is 340 g/mol. The van der Waals surface area contributed by atoms with Gasteiger partial charge in [0.05, 0.1) is 11.4 Å². The van der Waals surface area contributed by atoms with Crippen molar-refractivity contribution in [1.82, 2.24) is 8.87 Å². The van der Waals surface area contributed by atoms with Crippen molar-refractivity contribution in [3.05, 3.63) is 34.2 Å². The molecule has 1 saturated heterocycles. The Balaban J connectivity index is 1.87. The molecule has 128 valence electrons. The first-order valence-electron chi connectivity index (χ1n) is 7.94. The van der Waals surface area contributed by atoms with E-state index in [9.17, 15) is 13.2 Å². The van der Waals surface area contributed by atoms with Gasteiger partial charge in [-0.3, -0.25) is 4.79 Å². The molecular weight excluding hydrogens is 316 g/mol. The van der Waals surface area contributed by atoms with E-state index in [0.29, 0.717) is 19.6 Å². The maximum atomic E-state index is 12.7. The van der Waals surface area contributed by atoms with E-state index in [-0.39, 0.29) is 23.1 Å². The predicted molar refractivity (Wildman–Crippen MR) is 88.0 cm³/mol. The van der Waals surface area contributed by atoms with Crippen molar-refractivity contribution in [2.45, 2.75) is 38.3 Å². The molecular formula is C16H24N2O4S. The first kappa shape index (κ1) is 16.7. The Morgan fingerprint density at radius 2 is 2.00 bits per heavy atom. The Morgan fingerprint density at radius 1 is 1.26 bits per heavy atom. The second kappa shape index (κ2) is 5.72. The van der Waals surface area contributed by atoms with Gasteiger partial charge in [0.1, 0.15) is 0 Å². The van der Waals surface area contributed by atoms with Crippen LogP contribution in [0.3, 0.4) is 0 Å². The second-order valence-electron chi connectivity index (χ2n) is 7.24. The molecule has 1 aromatic heterocycles. The lowest BCUT2D eigenvalue weighted by molar-refractivity contribution is 0.0410. The molecule has 0 N–H and O–H groups in total. The van der Waals surface area contributed by atoms with E-state index >= 15 is 0 Å². The van der Waals surface area contributed by atoms with Gasteiger partial charge >= 0.3 is 0 Å². The highest BCUT2D eigenvalue weighted by Gasteiger charge is 2.40. The van der Waals surface area contributed by atoms with Crippen LogP contribution in [0.2, 0.25) is 0 Å². The molecule has 23 heavy (non-hydrogen) atoms. The third-order valence-corrected chi connectivity index (χ3v) is 7.07. The summed E-state index contributed by atoms with van der Waals surface area (Å²) in [5.41, 5.74) is 0.258. The number of fused-ring (bicyclic) bond motifs is 4. The molecule has 0 aromatic carbocycles. The first-order valence-corrected chi connectivity index (χ1v) is 9.55. The van der Waals surface area contributed by atoms with Gasteiger partial charge in [0, 0.05) is 44.4 Å². The molecule has 0 amide bonds. The largest absolute Gasteiger partial charge is 0.378 e. The minimum atomic E-state index is -3.39. The number of rotatable bonds is 4. The lowest BCUT2D eigenvalue weighted by Crippen LogP contribution is -2.51. The predicted octanol–water partition coefficient (Wildman–Crippen LogP) is 1.02. The summed E-state index contributed by atoms with van der Waals surface area (Å²) in [4.78, 5) is 12.0. The molecule has 2 atom stereocenters. The maximum Gasteiger partial charge on any atom is 0.250 e. The topological polar surface area (TPSA) is 68.6 Å². The number of hydrogen-bond donors (Lipinski definition) is 0. The number of ether oxygens (including phenoxy) is 1. The number of aromatic nitrogens is 1. The van der Waals surface area contributed by atoms with Crippen molar-refractivity contribution in [2.24, 2.45) is 5.92 Å². The number of sulfonamides is 1. The summed E-state index contributed by atoms with van der Waals surface area (Å²) in [6.07, 6.45) is 0.948. The normalized spacial score (nSPS) is 25.2. The van der Waals surface area contributed by atoms with Crippen LogP contribution in [-0.4, -0.2) is 48.8 Å². The monoisotopic (exact) mass is 340 g/mol. The van der Waals surface area contributed by atoms with Gasteiger partial charge in [-0.05, 0) is 32.3 Å². The minimum absolute atomic E-state index is 0.00836. The van der Waals surface area contributed by atoms with Crippen molar-refractivity contribution >= 4 is 10.0 Å². The Morgan fingerprint density at radius 3 is 2.70 bits per heavy atom. The summed E-state index contributed by atoms with van der Waals surface area (Å²) in [6, 6.07) is 5.27. The summed E-state index contributed by atoms with van der Waals surface area (Å²) in [5.74, 6) is 0.260. The van der Waals surface area contributed by atoms with E-state index in [2.05, 4.69) is 0 Å². The van der Waals surface area contributed by atoms with Crippen molar-refractivity contribution in [1.29, 1.82) is 0 Å². The molecule has 2 bridgehead atoms. The van der Waals surface area contributed by atoms with Gasteiger partial charge in [-0.25, -0.2) is 12.7 Å². The van der Waals surface area contributed by atoms with E-state index < -0.39 is 15.6 Å². The summed E-state index contributed by atoms with van der Waals surface area (Å²) >= 11 is 0. The number of nitrogens with zero attached hydrogens (tertiary/aromatic N) is 2. The molecule has 0 unspecified atom stereocenters.